The summed E-state index contributed by atoms with van der Waals surface area (Å²) in [7, 11) is 0. The molecule has 0 atom stereocenters. The van der Waals surface area contributed by atoms with Crippen LogP contribution < -0.4 is 0 Å². The molecule has 2 aliphatic rings. The third-order valence-corrected chi connectivity index (χ3v) is 3.41. The molecule has 0 fully saturated rings. The molecule has 18 heavy (non-hydrogen) atoms. The Labute approximate surface area is 111 Å². The molecule has 2 bridgehead atoms. The zero-order valence-electron chi connectivity index (χ0n) is 11.2. The van der Waals surface area contributed by atoms with Crippen molar-refractivity contribution in [2.75, 3.05) is 0 Å². The summed E-state index contributed by atoms with van der Waals surface area (Å²) >= 11 is 0. The molecule has 0 amide bonds. The lowest BCUT2D eigenvalue weighted by Crippen LogP contribution is -1.93. The molecule has 3 rings (SSSR count). The number of benzene rings is 1. The Balaban J connectivity index is 2.10. The van der Waals surface area contributed by atoms with Crippen LogP contribution in [-0.4, -0.2) is 0 Å². The van der Waals surface area contributed by atoms with E-state index in [2.05, 4.69) is 48.8 Å². The number of hydrogen-bond donors (Lipinski definition) is 0. The predicted molar refractivity (Wildman–Crippen MR) is 77.2 cm³/mol. The molecule has 0 spiro atoms. The van der Waals surface area contributed by atoms with Gasteiger partial charge in [0.05, 0.1) is 0 Å². The summed E-state index contributed by atoms with van der Waals surface area (Å²) in [5, 5.41) is 0. The second kappa shape index (κ2) is 6.93. The molecule has 0 heteroatoms. The van der Waals surface area contributed by atoms with Gasteiger partial charge in [-0.3, -0.25) is 0 Å². The average molecular weight is 236 g/mol. The standard InChI is InChI=1S/C18H20/c1-16-15-17-11-9-7-5-3-2-4-6-8-10-12-18(16)14-13-17/h13-15H,6-12H2,1H3. The molecule has 0 aliphatic heterocycles. The molecular formula is C18H20. The number of aryl methyl sites for hydroxylation is 3. The zero-order chi connectivity index (χ0) is 12.6. The minimum atomic E-state index is 0.954. The number of hydrogen-bond acceptors (Lipinski definition) is 0. The minimum Gasteiger partial charge on any atom is -0.0891 e. The maximum absolute atomic E-state index is 3.14. The van der Waals surface area contributed by atoms with Gasteiger partial charge in [-0.25, -0.2) is 0 Å². The maximum Gasteiger partial charge on any atom is 0.0102 e. The van der Waals surface area contributed by atoms with Crippen molar-refractivity contribution in [2.45, 2.75) is 51.9 Å². The lowest BCUT2D eigenvalue weighted by atomic mass is 9.98. The largest absolute Gasteiger partial charge is 0.0891 e. The van der Waals surface area contributed by atoms with E-state index < -0.39 is 0 Å². The number of fused-ring (bicyclic) bond motifs is 10. The van der Waals surface area contributed by atoms with E-state index in [1.54, 1.807) is 0 Å². The van der Waals surface area contributed by atoms with Crippen molar-refractivity contribution in [3.63, 3.8) is 0 Å². The highest BCUT2D eigenvalue weighted by Crippen LogP contribution is 2.16. The van der Waals surface area contributed by atoms with Crippen LogP contribution in [0.25, 0.3) is 0 Å². The minimum absolute atomic E-state index is 0.954. The van der Waals surface area contributed by atoms with Crippen LogP contribution in [0.1, 0.15) is 48.8 Å². The fourth-order valence-corrected chi connectivity index (χ4v) is 2.32. The van der Waals surface area contributed by atoms with Gasteiger partial charge < -0.3 is 0 Å². The van der Waals surface area contributed by atoms with E-state index in [0.717, 1.165) is 25.7 Å². The van der Waals surface area contributed by atoms with E-state index in [0.29, 0.717) is 0 Å². The predicted octanol–water partition coefficient (Wildman–Crippen LogP) is 4.05. The molecule has 0 N–H and O–H groups in total. The summed E-state index contributed by atoms with van der Waals surface area (Å²) < 4.78 is 0. The van der Waals surface area contributed by atoms with Gasteiger partial charge in [-0.2, -0.15) is 0 Å². The second-order valence-electron chi connectivity index (χ2n) is 4.93. The molecule has 0 radical (unpaired) electrons. The maximum atomic E-state index is 3.14. The van der Waals surface area contributed by atoms with Gasteiger partial charge in [0.2, 0.25) is 0 Å². The third-order valence-electron chi connectivity index (χ3n) is 3.41. The molecule has 1 aromatic rings. The molecule has 0 heterocycles. The Hall–Kier alpha value is -1.66. The first-order valence-corrected chi connectivity index (χ1v) is 6.90. The van der Waals surface area contributed by atoms with Crippen molar-refractivity contribution >= 4 is 0 Å². The van der Waals surface area contributed by atoms with Crippen LogP contribution in [0.3, 0.4) is 0 Å². The molecule has 1 aromatic carbocycles. The van der Waals surface area contributed by atoms with Crippen LogP contribution in [-0.2, 0) is 12.8 Å². The molecular weight excluding hydrogens is 216 g/mol. The van der Waals surface area contributed by atoms with Crippen LogP contribution in [0.4, 0.5) is 0 Å². The Bertz CT molecular complexity index is 514. The lowest BCUT2D eigenvalue weighted by Gasteiger charge is -2.08. The average Bonchev–Trinajstić information content (AvgIpc) is 2.38. The summed E-state index contributed by atoms with van der Waals surface area (Å²) in [5.41, 5.74) is 4.39. The molecule has 0 unspecified atom stereocenters. The quantitative estimate of drug-likeness (QED) is 0.596. The van der Waals surface area contributed by atoms with Crippen LogP contribution in [0.2, 0.25) is 0 Å². The highest BCUT2D eigenvalue weighted by molar-refractivity contribution is 5.31. The Morgan fingerprint density at radius 2 is 1.67 bits per heavy atom. The van der Waals surface area contributed by atoms with Crippen molar-refractivity contribution in [3.8, 4) is 23.7 Å². The van der Waals surface area contributed by atoms with Crippen molar-refractivity contribution in [3.05, 3.63) is 34.9 Å². The Kier molecular flexibility index (Phi) is 4.92. The van der Waals surface area contributed by atoms with Gasteiger partial charge in [-0.05, 0) is 67.6 Å². The fourth-order valence-electron chi connectivity index (χ4n) is 2.32. The monoisotopic (exact) mass is 236 g/mol. The van der Waals surface area contributed by atoms with E-state index in [4.69, 9.17) is 0 Å². The van der Waals surface area contributed by atoms with E-state index in [1.807, 2.05) is 0 Å². The van der Waals surface area contributed by atoms with Crippen molar-refractivity contribution in [2.24, 2.45) is 0 Å². The smallest absolute Gasteiger partial charge is 0.0102 e. The van der Waals surface area contributed by atoms with Gasteiger partial charge >= 0.3 is 0 Å². The topological polar surface area (TPSA) is 0 Å². The molecule has 0 aromatic heterocycles. The van der Waals surface area contributed by atoms with Gasteiger partial charge in [-0.1, -0.05) is 30.0 Å². The van der Waals surface area contributed by atoms with Gasteiger partial charge in [0, 0.05) is 12.8 Å². The summed E-state index contributed by atoms with van der Waals surface area (Å²) in [6.07, 6.45) is 7.77. The van der Waals surface area contributed by atoms with E-state index in [-0.39, 0.29) is 0 Å². The second-order valence-corrected chi connectivity index (χ2v) is 4.93. The Morgan fingerprint density at radius 1 is 0.889 bits per heavy atom. The van der Waals surface area contributed by atoms with Crippen LogP contribution >= 0.6 is 0 Å². The zero-order valence-corrected chi connectivity index (χ0v) is 11.2. The first-order chi connectivity index (χ1) is 8.86. The molecule has 0 nitrogen and oxygen atoms in total. The van der Waals surface area contributed by atoms with Gasteiger partial charge in [0.15, 0.2) is 0 Å². The van der Waals surface area contributed by atoms with Crippen molar-refractivity contribution in [1.29, 1.82) is 0 Å². The normalized spacial score (nSPS) is 15.6. The van der Waals surface area contributed by atoms with E-state index >= 15 is 0 Å². The summed E-state index contributed by atoms with van der Waals surface area (Å²) in [5.74, 6) is 12.2. The first-order valence-electron chi connectivity index (χ1n) is 6.90. The SMILES string of the molecule is Cc1cc2ccc1CCCCC#CC#CCCC2. The lowest BCUT2D eigenvalue weighted by molar-refractivity contribution is 0.753. The van der Waals surface area contributed by atoms with Gasteiger partial charge in [0.25, 0.3) is 0 Å². The summed E-state index contributed by atoms with van der Waals surface area (Å²) in [6, 6.07) is 6.94. The van der Waals surface area contributed by atoms with Crippen LogP contribution in [0, 0.1) is 30.6 Å². The highest BCUT2D eigenvalue weighted by atomic mass is 14.1. The van der Waals surface area contributed by atoms with Crippen LogP contribution in [0.5, 0.6) is 0 Å². The van der Waals surface area contributed by atoms with Crippen LogP contribution in [0.15, 0.2) is 18.2 Å². The van der Waals surface area contributed by atoms with Gasteiger partial charge in [-0.15, -0.1) is 0 Å². The summed E-state index contributed by atoms with van der Waals surface area (Å²) in [4.78, 5) is 0. The molecule has 0 saturated heterocycles. The first kappa shape index (κ1) is 12.8. The third kappa shape index (κ3) is 3.97. The molecule has 92 valence electrons. The van der Waals surface area contributed by atoms with Crippen molar-refractivity contribution < 1.29 is 0 Å². The molecule has 0 saturated carbocycles. The number of rotatable bonds is 0. The van der Waals surface area contributed by atoms with Gasteiger partial charge in [0.1, 0.15) is 0 Å². The fraction of sp³-hybridized carbons (Fsp3) is 0.444. The van der Waals surface area contributed by atoms with Crippen molar-refractivity contribution in [1.82, 2.24) is 0 Å². The van der Waals surface area contributed by atoms with E-state index in [1.165, 1.54) is 36.0 Å². The molecule has 2 aliphatic carbocycles. The Morgan fingerprint density at radius 3 is 2.44 bits per heavy atom. The highest BCUT2D eigenvalue weighted by Gasteiger charge is 2.00. The summed E-state index contributed by atoms with van der Waals surface area (Å²) in [6.45, 7) is 2.23. The van der Waals surface area contributed by atoms with E-state index in [9.17, 15) is 0 Å².